The van der Waals surface area contributed by atoms with Crippen molar-refractivity contribution in [2.45, 2.75) is 18.3 Å². The number of fused-ring (bicyclic) bond motifs is 3. The van der Waals surface area contributed by atoms with Gasteiger partial charge in [-0.05, 0) is 13.0 Å². The number of amides is 2. The van der Waals surface area contributed by atoms with E-state index in [2.05, 4.69) is 10.3 Å². The Morgan fingerprint density at radius 1 is 1.23 bits per heavy atom. The molecule has 2 aromatic rings. The van der Waals surface area contributed by atoms with Crippen molar-refractivity contribution in [2.75, 3.05) is 32.4 Å². The van der Waals surface area contributed by atoms with E-state index in [0.717, 1.165) is 16.9 Å². The minimum absolute atomic E-state index is 0.272. The van der Waals surface area contributed by atoms with Crippen LogP contribution in [0.1, 0.15) is 36.7 Å². The summed E-state index contributed by atoms with van der Waals surface area (Å²) >= 11 is 2.55. The fourth-order valence-corrected chi connectivity index (χ4v) is 5.96. The molecule has 2 aliphatic heterocycles. The summed E-state index contributed by atoms with van der Waals surface area (Å²) in [7, 11) is 4.28. The maximum atomic E-state index is 13.2. The molecule has 2 amide bonds. The molecule has 9 nitrogen and oxygen atoms in total. The molecule has 1 aromatic heterocycles. The molecular weight excluding hydrogens is 430 g/mol. The average molecular weight is 450 g/mol. The van der Waals surface area contributed by atoms with Gasteiger partial charge in [0, 0.05) is 11.3 Å². The molecule has 1 saturated heterocycles. The SMILES string of the molecule is COC(=O)c1sc(NC(=O)[C@@H]2CS[C@H]3c4ccc(OC)c(OC)c4C(=O)N23)nc1C. The Labute approximate surface area is 180 Å². The average Bonchev–Trinajstić information content (AvgIpc) is 3.41. The molecule has 1 fully saturated rings. The molecule has 0 bridgehead atoms. The lowest BCUT2D eigenvalue weighted by Gasteiger charge is -2.22. The van der Waals surface area contributed by atoms with Crippen molar-refractivity contribution in [3.63, 3.8) is 0 Å². The standard InChI is InChI=1S/C19H19N3O6S2/c1-8-14(18(25)28-4)30-19(20-8)21-15(23)10-7-29-17-9-5-6-11(26-2)13(27-3)12(9)16(24)22(10)17/h5-6,10,17H,7H2,1-4H3,(H,20,21,23)/t10-,17-/m0/s1. The number of rotatable bonds is 5. The minimum atomic E-state index is -0.679. The Hall–Kier alpha value is -2.79. The highest BCUT2D eigenvalue weighted by Crippen LogP contribution is 2.52. The van der Waals surface area contributed by atoms with Crippen LogP contribution in [0.25, 0.3) is 0 Å². The van der Waals surface area contributed by atoms with E-state index in [9.17, 15) is 14.4 Å². The molecule has 158 valence electrons. The summed E-state index contributed by atoms with van der Waals surface area (Å²) in [4.78, 5) is 44.1. The summed E-state index contributed by atoms with van der Waals surface area (Å²) in [6, 6.07) is 2.91. The quantitative estimate of drug-likeness (QED) is 0.694. The number of nitrogens with zero attached hydrogens (tertiary/aromatic N) is 2. The fraction of sp³-hybridized carbons (Fsp3) is 0.368. The number of esters is 1. The van der Waals surface area contributed by atoms with Crippen LogP contribution in [0.3, 0.4) is 0 Å². The molecule has 2 aliphatic rings. The van der Waals surface area contributed by atoms with Crippen molar-refractivity contribution in [3.8, 4) is 11.5 Å². The number of carbonyl (C=O) groups is 3. The molecule has 0 radical (unpaired) electrons. The van der Waals surface area contributed by atoms with Gasteiger partial charge in [-0.25, -0.2) is 9.78 Å². The molecule has 4 rings (SSSR count). The van der Waals surface area contributed by atoms with Crippen molar-refractivity contribution < 1.29 is 28.6 Å². The van der Waals surface area contributed by atoms with E-state index in [1.165, 1.54) is 33.1 Å². The van der Waals surface area contributed by atoms with Crippen LogP contribution in [-0.2, 0) is 9.53 Å². The van der Waals surface area contributed by atoms with Gasteiger partial charge in [-0.15, -0.1) is 11.8 Å². The highest BCUT2D eigenvalue weighted by atomic mass is 32.2. The van der Waals surface area contributed by atoms with Gasteiger partial charge in [0.2, 0.25) is 5.91 Å². The molecular formula is C19H19N3O6S2. The Kier molecular flexibility index (Phi) is 5.33. The monoisotopic (exact) mass is 449 g/mol. The van der Waals surface area contributed by atoms with E-state index in [4.69, 9.17) is 14.2 Å². The number of carbonyl (C=O) groups excluding carboxylic acids is 3. The number of hydrogen-bond donors (Lipinski definition) is 1. The number of benzene rings is 1. The Balaban J connectivity index is 1.59. The van der Waals surface area contributed by atoms with Crippen molar-refractivity contribution >= 4 is 46.0 Å². The first kappa shape index (κ1) is 20.5. The lowest BCUT2D eigenvalue weighted by atomic mass is 10.1. The third-order valence-electron chi connectivity index (χ3n) is 4.99. The summed E-state index contributed by atoms with van der Waals surface area (Å²) in [5, 5.41) is 2.75. The number of aryl methyl sites for hydroxylation is 1. The molecule has 3 heterocycles. The molecule has 0 spiro atoms. The van der Waals surface area contributed by atoms with Crippen LogP contribution < -0.4 is 14.8 Å². The Morgan fingerprint density at radius 3 is 2.67 bits per heavy atom. The summed E-state index contributed by atoms with van der Waals surface area (Å²) in [6.07, 6.45) is 0. The zero-order chi connectivity index (χ0) is 21.6. The number of thioether (sulfide) groups is 1. The first-order valence-corrected chi connectivity index (χ1v) is 10.8. The maximum Gasteiger partial charge on any atom is 0.350 e. The van der Waals surface area contributed by atoms with Gasteiger partial charge in [0.05, 0.1) is 32.6 Å². The van der Waals surface area contributed by atoms with Crippen LogP contribution in [0, 0.1) is 6.92 Å². The van der Waals surface area contributed by atoms with E-state index in [-0.39, 0.29) is 22.3 Å². The largest absolute Gasteiger partial charge is 0.493 e. The van der Waals surface area contributed by atoms with Gasteiger partial charge < -0.3 is 24.4 Å². The molecule has 2 atom stereocenters. The summed E-state index contributed by atoms with van der Waals surface area (Å²) in [6.45, 7) is 1.67. The topological polar surface area (TPSA) is 107 Å². The van der Waals surface area contributed by atoms with Crippen LogP contribution in [0.4, 0.5) is 5.13 Å². The molecule has 30 heavy (non-hydrogen) atoms. The number of aromatic nitrogens is 1. The molecule has 0 saturated carbocycles. The highest BCUT2D eigenvalue weighted by molar-refractivity contribution is 7.99. The fourth-order valence-electron chi connectivity index (χ4n) is 3.61. The van der Waals surface area contributed by atoms with Gasteiger partial charge in [0.1, 0.15) is 16.3 Å². The smallest absolute Gasteiger partial charge is 0.350 e. The van der Waals surface area contributed by atoms with Gasteiger partial charge in [0.25, 0.3) is 5.91 Å². The highest BCUT2D eigenvalue weighted by Gasteiger charge is 2.50. The van der Waals surface area contributed by atoms with Crippen LogP contribution in [-0.4, -0.2) is 60.8 Å². The molecule has 0 aliphatic carbocycles. The first-order chi connectivity index (χ1) is 14.4. The second-order valence-corrected chi connectivity index (χ2v) is 8.71. The number of anilines is 1. The number of hydrogen-bond acceptors (Lipinski definition) is 9. The van der Waals surface area contributed by atoms with Crippen LogP contribution >= 0.6 is 23.1 Å². The molecule has 1 N–H and O–H groups in total. The lowest BCUT2D eigenvalue weighted by molar-refractivity contribution is -0.119. The van der Waals surface area contributed by atoms with E-state index in [1.807, 2.05) is 6.07 Å². The van der Waals surface area contributed by atoms with Crippen molar-refractivity contribution in [1.29, 1.82) is 0 Å². The maximum absolute atomic E-state index is 13.2. The van der Waals surface area contributed by atoms with Gasteiger partial charge >= 0.3 is 5.97 Å². The van der Waals surface area contributed by atoms with Gasteiger partial charge in [0.15, 0.2) is 16.6 Å². The molecule has 0 unspecified atom stereocenters. The van der Waals surface area contributed by atoms with Crippen LogP contribution in [0.5, 0.6) is 11.5 Å². The summed E-state index contributed by atoms with van der Waals surface area (Å²) in [5.41, 5.74) is 1.70. The third kappa shape index (κ3) is 3.08. The summed E-state index contributed by atoms with van der Waals surface area (Å²) < 4.78 is 15.4. The van der Waals surface area contributed by atoms with E-state index >= 15 is 0 Å². The van der Waals surface area contributed by atoms with Crippen LogP contribution in [0.2, 0.25) is 0 Å². The summed E-state index contributed by atoms with van der Waals surface area (Å²) in [5.74, 6) is 0.138. The number of nitrogens with one attached hydrogen (secondary N) is 1. The van der Waals surface area contributed by atoms with Gasteiger partial charge in [-0.2, -0.15) is 0 Å². The van der Waals surface area contributed by atoms with E-state index in [1.54, 1.807) is 17.9 Å². The van der Waals surface area contributed by atoms with Crippen molar-refractivity contribution in [1.82, 2.24) is 9.88 Å². The second-order valence-electron chi connectivity index (χ2n) is 6.59. The number of ether oxygens (including phenoxy) is 3. The Bertz CT molecular complexity index is 1050. The predicted molar refractivity (Wildman–Crippen MR) is 112 cm³/mol. The Morgan fingerprint density at radius 2 is 2.00 bits per heavy atom. The van der Waals surface area contributed by atoms with E-state index < -0.39 is 12.0 Å². The molecule has 1 aromatic carbocycles. The third-order valence-corrected chi connectivity index (χ3v) is 7.35. The number of methoxy groups -OCH3 is 3. The van der Waals surface area contributed by atoms with E-state index in [0.29, 0.717) is 33.4 Å². The second kappa shape index (κ2) is 7.80. The predicted octanol–water partition coefficient (Wildman–Crippen LogP) is 2.46. The minimum Gasteiger partial charge on any atom is -0.493 e. The normalized spacial score (nSPS) is 19.3. The zero-order valence-electron chi connectivity index (χ0n) is 16.7. The van der Waals surface area contributed by atoms with Crippen molar-refractivity contribution in [3.05, 3.63) is 33.8 Å². The van der Waals surface area contributed by atoms with Gasteiger partial charge in [-0.1, -0.05) is 17.4 Å². The molecule has 11 heteroatoms. The number of thiazole rings is 1. The lowest BCUT2D eigenvalue weighted by Crippen LogP contribution is -2.42. The van der Waals surface area contributed by atoms with Crippen molar-refractivity contribution in [2.24, 2.45) is 0 Å². The van der Waals surface area contributed by atoms with Crippen LogP contribution in [0.15, 0.2) is 12.1 Å². The van der Waals surface area contributed by atoms with Gasteiger partial charge in [-0.3, -0.25) is 9.59 Å². The first-order valence-electron chi connectivity index (χ1n) is 8.97. The zero-order valence-corrected chi connectivity index (χ0v) is 18.3.